The monoisotopic (exact) mass is 444 g/mol. The number of fused-ring (bicyclic) bond motifs is 1. The molecule has 0 aromatic carbocycles. The Hall–Kier alpha value is -1.53. The molecule has 1 fully saturated rings. The lowest BCUT2D eigenvalue weighted by Gasteiger charge is -2.42. The highest BCUT2D eigenvalue weighted by atomic mass is 32.2. The second-order valence-electron chi connectivity index (χ2n) is 8.20. The highest BCUT2D eigenvalue weighted by Crippen LogP contribution is 2.37. The minimum Gasteiger partial charge on any atom is -0.374 e. The van der Waals surface area contributed by atoms with E-state index >= 15 is 0 Å². The Morgan fingerprint density at radius 1 is 1.17 bits per heavy atom. The van der Waals surface area contributed by atoms with Crippen LogP contribution in [0.3, 0.4) is 0 Å². The third kappa shape index (κ3) is 4.26. The largest absolute Gasteiger partial charge is 0.374 e. The van der Waals surface area contributed by atoms with Crippen LogP contribution >= 0.6 is 23.1 Å². The summed E-state index contributed by atoms with van der Waals surface area (Å²) in [5.74, 6) is 1.73. The van der Waals surface area contributed by atoms with Crippen LogP contribution in [-0.2, 0) is 6.54 Å². The van der Waals surface area contributed by atoms with Crippen molar-refractivity contribution in [3.05, 3.63) is 43.5 Å². The maximum absolute atomic E-state index is 13.0. The lowest BCUT2D eigenvalue weighted by molar-refractivity contribution is -0.512. The van der Waals surface area contributed by atoms with Crippen molar-refractivity contribution in [1.82, 2.24) is 9.47 Å². The first-order chi connectivity index (χ1) is 14.7. The second-order valence-corrected chi connectivity index (χ2v) is 10.4. The van der Waals surface area contributed by atoms with Gasteiger partial charge in [-0.25, -0.2) is 4.58 Å². The van der Waals surface area contributed by atoms with Gasteiger partial charge in [0.15, 0.2) is 6.54 Å². The van der Waals surface area contributed by atoms with Crippen LogP contribution < -0.4 is 14.8 Å². The molecule has 2 aliphatic heterocycles. The smallest absolute Gasteiger partial charge is 0.269 e. The first kappa shape index (κ1) is 21.7. The summed E-state index contributed by atoms with van der Waals surface area (Å²) in [5, 5.41) is 1.30. The third-order valence-corrected chi connectivity index (χ3v) is 8.78. The molecule has 4 nitrogen and oxygen atoms in total. The van der Waals surface area contributed by atoms with Crippen molar-refractivity contribution in [2.24, 2.45) is 5.92 Å². The zero-order valence-electron chi connectivity index (χ0n) is 18.5. The fourth-order valence-corrected chi connectivity index (χ4v) is 7.22. The van der Waals surface area contributed by atoms with Gasteiger partial charge >= 0.3 is 0 Å². The van der Waals surface area contributed by atoms with Crippen molar-refractivity contribution >= 4 is 40.3 Å². The summed E-state index contributed by atoms with van der Waals surface area (Å²) in [5.41, 5.74) is 1.54. The molecular formula is C24H34N3OS2+. The number of aromatic nitrogens is 1. The Labute approximate surface area is 188 Å². The van der Waals surface area contributed by atoms with Crippen molar-refractivity contribution in [2.45, 2.75) is 59.0 Å². The Morgan fingerprint density at radius 2 is 2.00 bits per heavy atom. The summed E-state index contributed by atoms with van der Waals surface area (Å²) < 4.78 is 6.24. The second kappa shape index (κ2) is 9.73. The number of nitrogens with zero attached hydrogens (tertiary/aromatic N) is 3. The number of thiazole rings is 1. The van der Waals surface area contributed by atoms with Crippen LogP contribution in [0.2, 0.25) is 0 Å². The summed E-state index contributed by atoms with van der Waals surface area (Å²) >= 11 is 3.53. The van der Waals surface area contributed by atoms with Gasteiger partial charge in [-0.3, -0.25) is 9.36 Å². The minimum atomic E-state index is 0.146. The minimum absolute atomic E-state index is 0.146. The van der Waals surface area contributed by atoms with Crippen molar-refractivity contribution < 1.29 is 4.58 Å². The summed E-state index contributed by atoms with van der Waals surface area (Å²) in [6.07, 6.45) is 16.2. The van der Waals surface area contributed by atoms with Gasteiger partial charge in [-0.2, -0.15) is 0 Å². The molecule has 1 aliphatic carbocycles. The van der Waals surface area contributed by atoms with Crippen molar-refractivity contribution in [1.29, 1.82) is 0 Å². The molecule has 30 heavy (non-hydrogen) atoms. The number of rotatable bonds is 5. The molecule has 0 N–H and O–H groups in total. The first-order valence-corrected chi connectivity index (χ1v) is 13.3. The topological polar surface area (TPSA) is 28.2 Å². The predicted molar refractivity (Wildman–Crippen MR) is 131 cm³/mol. The summed E-state index contributed by atoms with van der Waals surface area (Å²) in [7, 11) is 0. The van der Waals surface area contributed by atoms with Crippen LogP contribution in [0.5, 0.6) is 0 Å². The molecule has 4 rings (SSSR count). The van der Waals surface area contributed by atoms with E-state index in [1.807, 2.05) is 16.3 Å². The van der Waals surface area contributed by atoms with Gasteiger partial charge in [0.25, 0.3) is 5.56 Å². The van der Waals surface area contributed by atoms with Crippen LogP contribution in [0.15, 0.2) is 28.7 Å². The highest BCUT2D eigenvalue weighted by molar-refractivity contribution is 8.14. The number of hydrogen-bond donors (Lipinski definition) is 0. The van der Waals surface area contributed by atoms with Crippen LogP contribution in [-0.4, -0.2) is 50.5 Å². The van der Waals surface area contributed by atoms with E-state index < -0.39 is 0 Å². The summed E-state index contributed by atoms with van der Waals surface area (Å²) in [4.78, 5) is 15.5. The zero-order chi connectivity index (χ0) is 21.1. The molecule has 2 atom stereocenters. The molecule has 0 saturated heterocycles. The molecule has 0 spiro atoms. The Morgan fingerprint density at radius 3 is 2.77 bits per heavy atom. The fourth-order valence-electron chi connectivity index (χ4n) is 4.98. The van der Waals surface area contributed by atoms with Gasteiger partial charge in [0.2, 0.25) is 5.04 Å². The van der Waals surface area contributed by atoms with E-state index in [0.29, 0.717) is 18.5 Å². The van der Waals surface area contributed by atoms with Gasteiger partial charge < -0.3 is 4.90 Å². The van der Waals surface area contributed by atoms with E-state index in [4.69, 9.17) is 0 Å². The Kier molecular flexibility index (Phi) is 7.04. The normalized spacial score (nSPS) is 26.9. The van der Waals surface area contributed by atoms with Gasteiger partial charge in [0.05, 0.1) is 16.4 Å². The summed E-state index contributed by atoms with van der Waals surface area (Å²) in [6.45, 7) is 10.4. The standard InChI is InChI=1S/C24H34N3OS2/c1-4-25-14-13-18(19-9-7-8-10-20(19)25)11-12-21-24(28)27(6-3)23(30-21)17-22-26(5-2)15-16-29-22/h11-14,17,19-20H,4-10,15-16H2,1-3H3/q+1/b18-11+,21-12?. The van der Waals surface area contributed by atoms with E-state index in [0.717, 1.165) is 34.6 Å². The highest BCUT2D eigenvalue weighted by Gasteiger charge is 2.32. The van der Waals surface area contributed by atoms with Gasteiger partial charge in [-0.05, 0) is 57.5 Å². The molecule has 0 radical (unpaired) electrons. The summed E-state index contributed by atoms with van der Waals surface area (Å²) in [6, 6.07) is 0.628. The zero-order valence-corrected chi connectivity index (χ0v) is 20.1. The number of thioether (sulfide) groups is 1. The van der Waals surface area contributed by atoms with E-state index in [9.17, 15) is 4.79 Å². The van der Waals surface area contributed by atoms with Crippen LogP contribution in [0.4, 0.5) is 0 Å². The van der Waals surface area contributed by atoms with E-state index in [2.05, 4.69) is 60.8 Å². The van der Waals surface area contributed by atoms with E-state index in [1.54, 1.807) is 11.3 Å². The van der Waals surface area contributed by atoms with E-state index in [1.165, 1.54) is 36.3 Å². The average molecular weight is 445 g/mol. The molecule has 6 heteroatoms. The van der Waals surface area contributed by atoms with Crippen molar-refractivity contribution in [2.75, 3.05) is 25.4 Å². The van der Waals surface area contributed by atoms with E-state index in [-0.39, 0.29) is 5.56 Å². The van der Waals surface area contributed by atoms with Crippen LogP contribution in [0, 0.1) is 5.92 Å². The third-order valence-electron chi connectivity index (χ3n) is 6.64. The Balaban J connectivity index is 1.73. The predicted octanol–water partition coefficient (Wildman–Crippen LogP) is 3.00. The Bertz CT molecular complexity index is 1040. The SMILES string of the molecule is CCN1C=C/C(=C\C=c2sc(=CC3=[N+](CC)CCS3)n(CC)c2=O)C2CCCCC21. The molecule has 162 valence electrons. The average Bonchev–Trinajstić information content (AvgIpc) is 3.35. The van der Waals surface area contributed by atoms with Gasteiger partial charge in [0, 0.05) is 25.0 Å². The van der Waals surface area contributed by atoms with Gasteiger partial charge in [-0.15, -0.1) is 11.3 Å². The fraction of sp³-hybridized carbons (Fsp3) is 0.583. The van der Waals surface area contributed by atoms with Crippen molar-refractivity contribution in [3.8, 4) is 0 Å². The van der Waals surface area contributed by atoms with Crippen LogP contribution in [0.25, 0.3) is 12.2 Å². The first-order valence-electron chi connectivity index (χ1n) is 11.5. The molecule has 0 bridgehead atoms. The molecule has 3 aliphatic rings. The molecule has 1 aromatic rings. The molecule has 3 heterocycles. The molecular weight excluding hydrogens is 410 g/mol. The maximum atomic E-state index is 13.0. The molecule has 1 saturated carbocycles. The molecule has 1 aromatic heterocycles. The van der Waals surface area contributed by atoms with Crippen LogP contribution in [0.1, 0.15) is 46.5 Å². The molecule has 0 amide bonds. The van der Waals surface area contributed by atoms with Gasteiger partial charge in [-0.1, -0.05) is 30.7 Å². The maximum Gasteiger partial charge on any atom is 0.269 e. The number of allylic oxidation sites excluding steroid dienone is 2. The number of hydrogen-bond acceptors (Lipinski definition) is 4. The molecule has 2 unspecified atom stereocenters. The van der Waals surface area contributed by atoms with Crippen molar-refractivity contribution in [3.63, 3.8) is 0 Å². The lowest BCUT2D eigenvalue weighted by atomic mass is 9.77. The quantitative estimate of drug-likeness (QED) is 0.654. The lowest BCUT2D eigenvalue weighted by Crippen LogP contribution is -2.42. The van der Waals surface area contributed by atoms with Gasteiger partial charge in [0.1, 0.15) is 11.2 Å².